The Balaban J connectivity index is 0.000000241. The second kappa shape index (κ2) is 5.75. The molecule has 6 nitrogen and oxygen atoms in total. The van der Waals surface area contributed by atoms with Crippen molar-refractivity contribution in [1.29, 1.82) is 0 Å². The lowest BCUT2D eigenvalue weighted by molar-refractivity contribution is -0.237. The molecule has 0 aliphatic carbocycles. The van der Waals surface area contributed by atoms with E-state index < -0.39 is 12.1 Å². The maximum absolute atomic E-state index is 10.6. The summed E-state index contributed by atoms with van der Waals surface area (Å²) in [5.74, 6) is -2.76. The van der Waals surface area contributed by atoms with Gasteiger partial charge >= 0.3 is 12.1 Å². The van der Waals surface area contributed by atoms with Gasteiger partial charge in [0.15, 0.2) is 0 Å². The summed E-state index contributed by atoms with van der Waals surface area (Å²) in [4.78, 5) is 18.1. The number of carboxylic acids is 1. The molecule has 1 saturated heterocycles. The lowest BCUT2D eigenvalue weighted by Crippen LogP contribution is -2.37. The van der Waals surface area contributed by atoms with E-state index in [4.69, 9.17) is 15.6 Å². The van der Waals surface area contributed by atoms with Gasteiger partial charge in [-0.15, -0.1) is 0 Å². The highest BCUT2D eigenvalue weighted by molar-refractivity contribution is 5.73. The fourth-order valence-corrected chi connectivity index (χ4v) is 0.371. The number of hydrogen-bond acceptors (Lipinski definition) is 5. The Kier molecular flexibility index (Phi) is 5.38. The highest BCUT2D eigenvalue weighted by Crippen LogP contribution is 2.13. The smallest absolute Gasteiger partial charge is 0.475 e. The zero-order valence-electron chi connectivity index (χ0n) is 6.87. The first-order chi connectivity index (χ1) is 6.34. The average Bonchev–Trinajstić information content (AvgIpc) is 2.04. The number of aliphatic carboxylic acids is 1. The molecular formula is C5H9F3N2O4. The van der Waals surface area contributed by atoms with E-state index in [0.29, 0.717) is 6.61 Å². The molecule has 0 bridgehead atoms. The molecule has 0 radical (unpaired) electrons. The number of rotatable bonds is 0. The van der Waals surface area contributed by atoms with Crippen LogP contribution < -0.4 is 11.4 Å². The van der Waals surface area contributed by atoms with E-state index in [1.165, 1.54) is 0 Å². The minimum atomic E-state index is -5.08. The van der Waals surface area contributed by atoms with Crippen molar-refractivity contribution in [3.8, 4) is 0 Å². The highest BCUT2D eigenvalue weighted by Gasteiger charge is 2.38. The molecule has 0 amide bonds. The molecule has 0 saturated carbocycles. The second-order valence-electron chi connectivity index (χ2n) is 2.18. The molecule has 9 heteroatoms. The van der Waals surface area contributed by atoms with Crippen LogP contribution in [0.3, 0.4) is 0 Å². The van der Waals surface area contributed by atoms with E-state index in [2.05, 4.69) is 15.3 Å². The number of nitrogens with one attached hydrogen (secondary N) is 1. The average molecular weight is 218 g/mol. The van der Waals surface area contributed by atoms with E-state index in [1.54, 1.807) is 0 Å². The Morgan fingerprint density at radius 1 is 1.57 bits per heavy atom. The molecule has 84 valence electrons. The summed E-state index contributed by atoms with van der Waals surface area (Å²) >= 11 is 0. The van der Waals surface area contributed by atoms with Crippen molar-refractivity contribution in [2.75, 3.05) is 6.61 Å². The largest absolute Gasteiger partial charge is 0.490 e. The summed E-state index contributed by atoms with van der Waals surface area (Å²) in [5, 5.41) is 7.12. The Morgan fingerprint density at radius 3 is 2.21 bits per heavy atom. The molecule has 1 aliphatic rings. The van der Waals surface area contributed by atoms with Crippen molar-refractivity contribution in [2.45, 2.75) is 18.8 Å². The maximum atomic E-state index is 10.6. The van der Waals surface area contributed by atoms with Crippen LogP contribution in [0.1, 0.15) is 6.42 Å². The molecule has 1 rings (SSSR count). The van der Waals surface area contributed by atoms with Gasteiger partial charge in [0.05, 0.1) is 6.61 Å². The Hall–Kier alpha value is -0.900. The van der Waals surface area contributed by atoms with E-state index in [-0.39, 0.29) is 6.23 Å². The molecular weight excluding hydrogens is 209 g/mol. The van der Waals surface area contributed by atoms with Crippen molar-refractivity contribution < 1.29 is 32.7 Å². The van der Waals surface area contributed by atoms with Crippen LogP contribution in [-0.4, -0.2) is 30.1 Å². The van der Waals surface area contributed by atoms with E-state index >= 15 is 0 Å². The Morgan fingerprint density at radius 2 is 2.07 bits per heavy atom. The van der Waals surface area contributed by atoms with Crippen LogP contribution in [0.15, 0.2) is 0 Å². The minimum Gasteiger partial charge on any atom is -0.475 e. The summed E-state index contributed by atoms with van der Waals surface area (Å²) in [5.41, 5.74) is 7.48. The first kappa shape index (κ1) is 13.1. The zero-order valence-corrected chi connectivity index (χ0v) is 6.87. The molecule has 0 aromatic rings. The zero-order chi connectivity index (χ0) is 11.2. The van der Waals surface area contributed by atoms with Gasteiger partial charge in [0, 0.05) is 6.42 Å². The molecule has 14 heavy (non-hydrogen) atoms. The van der Waals surface area contributed by atoms with E-state index in [0.717, 1.165) is 6.42 Å². The van der Waals surface area contributed by atoms with Crippen LogP contribution in [0.2, 0.25) is 0 Å². The maximum Gasteiger partial charge on any atom is 0.490 e. The molecule has 1 aliphatic heterocycles. The molecule has 0 aromatic heterocycles. The van der Waals surface area contributed by atoms with Crippen LogP contribution in [0.5, 0.6) is 0 Å². The minimum absolute atomic E-state index is 0.200. The first-order valence-corrected chi connectivity index (χ1v) is 3.42. The van der Waals surface area contributed by atoms with E-state index in [1.807, 2.05) is 0 Å². The van der Waals surface area contributed by atoms with Crippen molar-refractivity contribution in [3.05, 3.63) is 0 Å². The highest BCUT2D eigenvalue weighted by atomic mass is 19.4. The summed E-state index contributed by atoms with van der Waals surface area (Å²) in [7, 11) is 0. The Bertz CT molecular complexity index is 180. The SMILES string of the molecule is NC1CCONO1.O=C(O)C(F)(F)F. The van der Waals surface area contributed by atoms with Gasteiger partial charge in [0.25, 0.3) is 0 Å². The predicted molar refractivity (Wildman–Crippen MR) is 36.5 cm³/mol. The molecule has 1 unspecified atom stereocenters. The van der Waals surface area contributed by atoms with Crippen LogP contribution in [0.4, 0.5) is 13.2 Å². The van der Waals surface area contributed by atoms with Gasteiger partial charge < -0.3 is 10.8 Å². The second-order valence-corrected chi connectivity index (χ2v) is 2.18. The summed E-state index contributed by atoms with van der Waals surface area (Å²) < 4.78 is 31.7. The van der Waals surface area contributed by atoms with Crippen molar-refractivity contribution in [2.24, 2.45) is 5.73 Å². The quantitative estimate of drug-likeness (QED) is 0.519. The third-order valence-electron chi connectivity index (χ3n) is 1.01. The van der Waals surface area contributed by atoms with Gasteiger partial charge in [-0.3, -0.25) is 9.68 Å². The van der Waals surface area contributed by atoms with Crippen LogP contribution in [0.25, 0.3) is 0 Å². The third-order valence-corrected chi connectivity index (χ3v) is 1.01. The number of hydrogen-bond donors (Lipinski definition) is 3. The van der Waals surface area contributed by atoms with Crippen molar-refractivity contribution in [3.63, 3.8) is 0 Å². The number of carboxylic acid groups (broad SMARTS) is 1. The number of carbonyl (C=O) groups is 1. The number of halogens is 3. The van der Waals surface area contributed by atoms with Gasteiger partial charge in [0.2, 0.25) is 0 Å². The topological polar surface area (TPSA) is 93.8 Å². The molecule has 4 N–H and O–H groups in total. The molecule has 1 heterocycles. The van der Waals surface area contributed by atoms with Gasteiger partial charge in [-0.1, -0.05) is 5.64 Å². The van der Waals surface area contributed by atoms with Gasteiger partial charge in [-0.05, 0) is 0 Å². The summed E-state index contributed by atoms with van der Waals surface area (Å²) in [6.07, 6.45) is -4.53. The van der Waals surface area contributed by atoms with Crippen LogP contribution >= 0.6 is 0 Å². The third kappa shape index (κ3) is 6.60. The first-order valence-electron chi connectivity index (χ1n) is 3.42. The molecule has 1 atom stereocenters. The standard InChI is InChI=1S/C3H8N2O2.C2HF3O2/c4-3-1-2-6-5-7-3;3-2(4,5)1(6)7/h3,5H,1-2,4H2;(H,6,7). The van der Waals surface area contributed by atoms with Crippen LogP contribution in [0, 0.1) is 0 Å². The lowest BCUT2D eigenvalue weighted by atomic mass is 10.4. The molecule has 0 spiro atoms. The van der Waals surface area contributed by atoms with Gasteiger partial charge in [0.1, 0.15) is 6.23 Å². The predicted octanol–water partition coefficient (Wildman–Crippen LogP) is -0.239. The van der Waals surface area contributed by atoms with E-state index in [9.17, 15) is 13.2 Å². The normalized spacial score (nSPS) is 22.1. The summed E-state index contributed by atoms with van der Waals surface area (Å²) in [6.45, 7) is 0.626. The van der Waals surface area contributed by atoms with Gasteiger partial charge in [-0.2, -0.15) is 13.2 Å². The molecule has 1 fully saturated rings. The Labute approximate surface area is 76.7 Å². The van der Waals surface area contributed by atoms with Crippen LogP contribution in [-0.2, 0) is 14.5 Å². The fourth-order valence-electron chi connectivity index (χ4n) is 0.371. The summed E-state index contributed by atoms with van der Waals surface area (Å²) in [6, 6.07) is 0. The molecule has 0 aromatic carbocycles. The van der Waals surface area contributed by atoms with Gasteiger partial charge in [-0.25, -0.2) is 4.79 Å². The number of alkyl halides is 3. The van der Waals surface area contributed by atoms with Crippen molar-refractivity contribution in [1.82, 2.24) is 5.64 Å². The fraction of sp³-hybridized carbons (Fsp3) is 0.800. The van der Waals surface area contributed by atoms with Crippen molar-refractivity contribution >= 4 is 5.97 Å². The monoisotopic (exact) mass is 218 g/mol. The lowest BCUT2D eigenvalue weighted by Gasteiger charge is -2.17. The number of nitrogens with two attached hydrogens (primary N) is 1.